The Morgan fingerprint density at radius 1 is 1.20 bits per heavy atom. The Bertz CT molecular complexity index is 1090. The van der Waals surface area contributed by atoms with Gasteiger partial charge in [0.15, 0.2) is 0 Å². The molecule has 1 fully saturated rings. The second-order valence-electron chi connectivity index (χ2n) is 8.91. The fourth-order valence-corrected chi connectivity index (χ4v) is 3.48. The average Bonchev–Trinajstić information content (AvgIpc) is 3.41. The summed E-state index contributed by atoms with van der Waals surface area (Å²) in [5.74, 6) is 0.843. The number of rotatable bonds is 6. The zero-order valence-electron chi connectivity index (χ0n) is 21.9. The molecule has 4 rings (SSSR count). The monoisotopic (exact) mass is 475 g/mol. The number of anilines is 1. The van der Waals surface area contributed by atoms with Gasteiger partial charge in [0.05, 0.1) is 11.2 Å². The molecule has 1 saturated heterocycles. The first-order valence-corrected chi connectivity index (χ1v) is 12.5. The van der Waals surface area contributed by atoms with Crippen molar-refractivity contribution in [2.24, 2.45) is 5.73 Å². The normalized spacial score (nSPS) is 14.4. The number of carbonyl (C=O) groups excluding carboxylic acids is 1. The molecule has 3 aromatic rings. The molecule has 3 heterocycles. The summed E-state index contributed by atoms with van der Waals surface area (Å²) in [6.45, 7) is 11.5. The van der Waals surface area contributed by atoms with Crippen LogP contribution in [0.4, 0.5) is 5.82 Å². The van der Waals surface area contributed by atoms with Crippen molar-refractivity contribution in [3.63, 3.8) is 0 Å². The number of aromatic nitrogens is 2. The molecule has 1 aromatic carbocycles. The van der Waals surface area contributed by atoms with Crippen molar-refractivity contribution in [2.75, 3.05) is 25.5 Å². The molecular formula is C29H41N5O. The van der Waals surface area contributed by atoms with Crippen molar-refractivity contribution < 1.29 is 4.79 Å². The van der Waals surface area contributed by atoms with Gasteiger partial charge in [-0.3, -0.25) is 9.69 Å². The highest BCUT2D eigenvalue weighted by atomic mass is 16.1. The summed E-state index contributed by atoms with van der Waals surface area (Å²) in [6.07, 6.45) is 8.52. The van der Waals surface area contributed by atoms with Crippen molar-refractivity contribution >= 4 is 28.6 Å². The fraction of sp³-hybridized carbons (Fsp3) is 0.414. The van der Waals surface area contributed by atoms with Crippen molar-refractivity contribution in [3.8, 4) is 0 Å². The Hall–Kier alpha value is -3.09. The van der Waals surface area contributed by atoms with Crippen LogP contribution in [0.25, 0.3) is 16.5 Å². The highest BCUT2D eigenvalue weighted by Crippen LogP contribution is 2.18. The van der Waals surface area contributed by atoms with Crippen LogP contribution in [0, 0.1) is 0 Å². The smallest absolute Gasteiger partial charge is 0.150 e. The molecule has 6 heteroatoms. The number of aldehydes is 1. The summed E-state index contributed by atoms with van der Waals surface area (Å²) < 4.78 is 0. The third kappa shape index (κ3) is 9.59. The first-order chi connectivity index (χ1) is 16.9. The van der Waals surface area contributed by atoms with Crippen LogP contribution in [-0.2, 0) is 6.54 Å². The Kier molecular flexibility index (Phi) is 12.1. The van der Waals surface area contributed by atoms with Gasteiger partial charge in [0, 0.05) is 42.8 Å². The lowest BCUT2D eigenvalue weighted by molar-refractivity contribution is 0.112. The number of nitrogens with one attached hydrogen (secondary N) is 1. The maximum Gasteiger partial charge on any atom is 0.150 e. The predicted molar refractivity (Wildman–Crippen MR) is 149 cm³/mol. The summed E-state index contributed by atoms with van der Waals surface area (Å²) >= 11 is 0. The van der Waals surface area contributed by atoms with E-state index in [1.165, 1.54) is 37.1 Å². The Balaban J connectivity index is 0.000000209. The SMILES string of the molecule is C/C=C(\C)c1ccc2cnc(NC)cc2n1.CCC(C)N.O=Cc1cccc(CN2CCCC2)c1. The molecule has 3 N–H and O–H groups in total. The Labute approximate surface area is 210 Å². The van der Waals surface area contributed by atoms with Crippen LogP contribution in [-0.4, -0.2) is 47.3 Å². The van der Waals surface area contributed by atoms with E-state index in [0.29, 0.717) is 6.04 Å². The first-order valence-electron chi connectivity index (χ1n) is 12.5. The van der Waals surface area contributed by atoms with Crippen LogP contribution in [0.5, 0.6) is 0 Å². The number of fused-ring (bicyclic) bond motifs is 1. The topological polar surface area (TPSA) is 84.1 Å². The van der Waals surface area contributed by atoms with Crippen molar-refractivity contribution in [3.05, 3.63) is 71.6 Å². The molecule has 1 aliphatic rings. The largest absolute Gasteiger partial charge is 0.373 e. The van der Waals surface area contributed by atoms with E-state index < -0.39 is 0 Å². The van der Waals surface area contributed by atoms with Crippen LogP contribution in [0.1, 0.15) is 68.6 Å². The van der Waals surface area contributed by atoms with Gasteiger partial charge in [0.1, 0.15) is 12.1 Å². The minimum atomic E-state index is 0.384. The van der Waals surface area contributed by atoms with E-state index in [1.54, 1.807) is 0 Å². The molecular weight excluding hydrogens is 434 g/mol. The lowest BCUT2D eigenvalue weighted by Crippen LogP contribution is -2.18. The zero-order chi connectivity index (χ0) is 25.6. The first kappa shape index (κ1) is 28.1. The number of pyridine rings is 2. The molecule has 35 heavy (non-hydrogen) atoms. The lowest BCUT2D eigenvalue weighted by atomic mass is 10.1. The molecule has 0 saturated carbocycles. The lowest BCUT2D eigenvalue weighted by Gasteiger charge is -2.14. The Morgan fingerprint density at radius 2 is 1.91 bits per heavy atom. The number of allylic oxidation sites excluding steroid dienone is 2. The number of hydrogen-bond acceptors (Lipinski definition) is 6. The van der Waals surface area contributed by atoms with Gasteiger partial charge in [-0.15, -0.1) is 0 Å². The molecule has 0 amide bonds. The van der Waals surface area contributed by atoms with Crippen molar-refractivity contribution in [1.82, 2.24) is 14.9 Å². The zero-order valence-corrected chi connectivity index (χ0v) is 21.9. The molecule has 0 bridgehead atoms. The third-order valence-electron chi connectivity index (χ3n) is 6.00. The van der Waals surface area contributed by atoms with Crippen molar-refractivity contribution in [1.29, 1.82) is 0 Å². The number of benzene rings is 1. The maximum atomic E-state index is 10.6. The number of nitrogens with two attached hydrogens (primary N) is 1. The Morgan fingerprint density at radius 3 is 2.51 bits per heavy atom. The van der Waals surface area contributed by atoms with Crippen LogP contribution < -0.4 is 11.1 Å². The summed E-state index contributed by atoms with van der Waals surface area (Å²) in [6, 6.07) is 14.3. The standard InChI is InChI=1S/C13H15N3.C12H15NO.C4H11N/c1-4-9(2)11-6-5-10-8-15-13(14-3)7-12(10)16-11;14-10-12-5-3-4-11(8-12)9-13-6-1-2-7-13;1-3-4(2)5/h4-8H,1-3H3,(H,14,15);3-5,8,10H,1-2,6-7,9H2;4H,3,5H2,1-2H3/b9-4+;;. The molecule has 0 spiro atoms. The predicted octanol–water partition coefficient (Wildman–Crippen LogP) is 5.93. The van der Waals surface area contributed by atoms with Gasteiger partial charge >= 0.3 is 0 Å². The van der Waals surface area contributed by atoms with E-state index >= 15 is 0 Å². The second-order valence-corrected chi connectivity index (χ2v) is 8.91. The van der Waals surface area contributed by atoms with Gasteiger partial charge in [-0.1, -0.05) is 31.2 Å². The minimum Gasteiger partial charge on any atom is -0.373 e. The summed E-state index contributed by atoms with van der Waals surface area (Å²) in [5, 5.41) is 4.08. The number of carbonyl (C=O) groups is 1. The quantitative estimate of drug-likeness (QED) is 0.430. The van der Waals surface area contributed by atoms with Crippen LogP contribution in [0.2, 0.25) is 0 Å². The van der Waals surface area contributed by atoms with Gasteiger partial charge in [-0.25, -0.2) is 9.97 Å². The average molecular weight is 476 g/mol. The molecule has 2 aromatic heterocycles. The molecule has 0 radical (unpaired) electrons. The summed E-state index contributed by atoms with van der Waals surface area (Å²) in [7, 11) is 1.86. The number of nitrogens with zero attached hydrogens (tertiary/aromatic N) is 3. The maximum absolute atomic E-state index is 10.6. The van der Waals surface area contributed by atoms with E-state index in [9.17, 15) is 4.79 Å². The van der Waals surface area contributed by atoms with E-state index in [0.717, 1.165) is 47.2 Å². The number of hydrogen-bond donors (Lipinski definition) is 2. The highest BCUT2D eigenvalue weighted by molar-refractivity contribution is 5.82. The second kappa shape index (κ2) is 15.0. The van der Waals surface area contributed by atoms with Gasteiger partial charge < -0.3 is 11.1 Å². The van der Waals surface area contributed by atoms with E-state index in [-0.39, 0.29) is 0 Å². The number of likely N-dealkylation sites (tertiary alicyclic amines) is 1. The van der Waals surface area contributed by atoms with Gasteiger partial charge in [-0.05, 0) is 82.5 Å². The van der Waals surface area contributed by atoms with Gasteiger partial charge in [-0.2, -0.15) is 0 Å². The van der Waals surface area contributed by atoms with Gasteiger partial charge in [0.2, 0.25) is 0 Å². The highest BCUT2D eigenvalue weighted by Gasteiger charge is 2.11. The molecule has 1 unspecified atom stereocenters. The minimum absolute atomic E-state index is 0.384. The molecule has 0 aliphatic carbocycles. The molecule has 6 nitrogen and oxygen atoms in total. The fourth-order valence-electron chi connectivity index (χ4n) is 3.48. The van der Waals surface area contributed by atoms with Crippen LogP contribution >= 0.6 is 0 Å². The van der Waals surface area contributed by atoms with Crippen LogP contribution in [0.15, 0.2) is 54.7 Å². The molecule has 1 aliphatic heterocycles. The van der Waals surface area contributed by atoms with E-state index in [2.05, 4.69) is 52.2 Å². The molecule has 188 valence electrons. The van der Waals surface area contributed by atoms with Gasteiger partial charge in [0.25, 0.3) is 0 Å². The van der Waals surface area contributed by atoms with Crippen molar-refractivity contribution in [2.45, 2.75) is 59.5 Å². The molecule has 1 atom stereocenters. The summed E-state index contributed by atoms with van der Waals surface area (Å²) in [5.41, 5.74) is 10.5. The third-order valence-corrected chi connectivity index (χ3v) is 6.00. The summed E-state index contributed by atoms with van der Waals surface area (Å²) in [4.78, 5) is 21.9. The van der Waals surface area contributed by atoms with Crippen LogP contribution in [0.3, 0.4) is 0 Å². The van der Waals surface area contributed by atoms with E-state index in [1.807, 2.05) is 57.4 Å². The van der Waals surface area contributed by atoms with E-state index in [4.69, 9.17) is 5.73 Å².